The van der Waals surface area contributed by atoms with Crippen LogP contribution in [0, 0.1) is 6.92 Å². The SMILES string of the molecule is COCc1cc(C)nc2sc(C(=O)NN=Cc3cc(-c4cccs4)n[nH]3)c(-n3cccc3)c12. The second-order valence-electron chi connectivity index (χ2n) is 7.29. The summed E-state index contributed by atoms with van der Waals surface area (Å²) in [7, 11) is 1.66. The molecule has 0 saturated heterocycles. The van der Waals surface area contributed by atoms with Crippen LogP contribution in [0.4, 0.5) is 0 Å². The van der Waals surface area contributed by atoms with Crippen LogP contribution in [-0.4, -0.2) is 39.0 Å². The summed E-state index contributed by atoms with van der Waals surface area (Å²) < 4.78 is 7.34. The molecule has 0 aliphatic carbocycles. The van der Waals surface area contributed by atoms with Gasteiger partial charge in [0.05, 0.1) is 29.1 Å². The summed E-state index contributed by atoms with van der Waals surface area (Å²) in [5.41, 5.74) is 6.81. The molecule has 33 heavy (non-hydrogen) atoms. The van der Waals surface area contributed by atoms with Gasteiger partial charge in [0.1, 0.15) is 15.4 Å². The van der Waals surface area contributed by atoms with Crippen molar-refractivity contribution in [2.75, 3.05) is 7.11 Å². The lowest BCUT2D eigenvalue weighted by Crippen LogP contribution is -2.18. The van der Waals surface area contributed by atoms with Crippen LogP contribution in [0.2, 0.25) is 0 Å². The van der Waals surface area contributed by atoms with Gasteiger partial charge < -0.3 is 9.30 Å². The molecule has 1 amide bonds. The lowest BCUT2D eigenvalue weighted by atomic mass is 10.1. The summed E-state index contributed by atoms with van der Waals surface area (Å²) in [5.74, 6) is -0.308. The van der Waals surface area contributed by atoms with Gasteiger partial charge in [-0.2, -0.15) is 10.2 Å². The van der Waals surface area contributed by atoms with E-state index in [2.05, 4.69) is 25.7 Å². The Morgan fingerprint density at radius 3 is 2.91 bits per heavy atom. The number of amides is 1. The number of pyridine rings is 1. The van der Waals surface area contributed by atoms with Crippen molar-refractivity contribution in [1.29, 1.82) is 0 Å². The number of methoxy groups -OCH3 is 1. The summed E-state index contributed by atoms with van der Waals surface area (Å²) in [6.45, 7) is 2.36. The van der Waals surface area contributed by atoms with Crippen LogP contribution < -0.4 is 5.43 Å². The summed E-state index contributed by atoms with van der Waals surface area (Å²) in [5, 5.41) is 14.3. The molecule has 0 aliphatic heterocycles. The standard InChI is InChI=1S/C23H20N6O2S2/c1-14-10-15(13-31-2)19-20(29-7-3-4-8-29)21(33-23(19)25-14)22(30)28-24-12-16-11-17(27-26-16)18-6-5-9-32-18/h3-12H,13H2,1-2H3,(H,26,27)(H,28,30). The van der Waals surface area contributed by atoms with Crippen LogP contribution in [0.5, 0.6) is 0 Å². The molecule has 2 N–H and O–H groups in total. The molecule has 5 aromatic rings. The third-order valence-corrected chi connectivity index (χ3v) is 6.92. The van der Waals surface area contributed by atoms with Crippen molar-refractivity contribution >= 4 is 45.0 Å². The summed E-state index contributed by atoms with van der Waals surface area (Å²) >= 11 is 2.95. The van der Waals surface area contributed by atoms with Crippen LogP contribution in [0.3, 0.4) is 0 Å². The number of hydrazone groups is 1. The van der Waals surface area contributed by atoms with Crippen molar-refractivity contribution in [3.63, 3.8) is 0 Å². The Hall–Kier alpha value is -3.60. The first-order valence-corrected chi connectivity index (χ1v) is 11.8. The number of hydrogen-bond acceptors (Lipinski definition) is 7. The van der Waals surface area contributed by atoms with Gasteiger partial charge in [-0.15, -0.1) is 22.7 Å². The van der Waals surface area contributed by atoms with E-state index in [1.54, 1.807) is 24.7 Å². The lowest BCUT2D eigenvalue weighted by Gasteiger charge is -2.09. The van der Waals surface area contributed by atoms with E-state index >= 15 is 0 Å². The minimum Gasteiger partial charge on any atom is -0.380 e. The first kappa shape index (κ1) is 21.3. The van der Waals surface area contributed by atoms with Gasteiger partial charge in [0.25, 0.3) is 5.91 Å². The topological polar surface area (TPSA) is 97.2 Å². The predicted octanol–water partition coefficient (Wildman–Crippen LogP) is 4.76. The number of aryl methyl sites for hydroxylation is 1. The summed E-state index contributed by atoms with van der Waals surface area (Å²) in [6, 6.07) is 11.7. The van der Waals surface area contributed by atoms with Crippen LogP contribution in [0.1, 0.15) is 26.6 Å². The zero-order chi connectivity index (χ0) is 22.8. The fourth-order valence-corrected chi connectivity index (χ4v) is 5.45. The Kier molecular flexibility index (Phi) is 5.86. The average Bonchev–Trinajstić information content (AvgIpc) is 3.59. The van der Waals surface area contributed by atoms with E-state index in [9.17, 15) is 4.79 Å². The molecule has 0 atom stereocenters. The fourth-order valence-electron chi connectivity index (χ4n) is 3.61. The Morgan fingerprint density at radius 1 is 1.30 bits per heavy atom. The quantitative estimate of drug-likeness (QED) is 0.261. The number of carbonyl (C=O) groups excluding carboxylic acids is 1. The summed E-state index contributed by atoms with van der Waals surface area (Å²) in [4.78, 5) is 20.2. The van der Waals surface area contributed by atoms with E-state index in [-0.39, 0.29) is 5.91 Å². The molecule has 8 nitrogen and oxygen atoms in total. The zero-order valence-corrected chi connectivity index (χ0v) is 19.5. The number of nitrogens with one attached hydrogen (secondary N) is 2. The van der Waals surface area contributed by atoms with Crippen molar-refractivity contribution < 1.29 is 9.53 Å². The molecule has 5 heterocycles. The molecular weight excluding hydrogens is 456 g/mol. The number of aromatic amines is 1. The van der Waals surface area contributed by atoms with Gasteiger partial charge >= 0.3 is 0 Å². The molecule has 0 radical (unpaired) electrons. The maximum atomic E-state index is 13.2. The highest BCUT2D eigenvalue weighted by atomic mass is 32.1. The van der Waals surface area contributed by atoms with Crippen molar-refractivity contribution in [1.82, 2.24) is 25.2 Å². The maximum absolute atomic E-state index is 13.2. The Morgan fingerprint density at radius 2 is 2.15 bits per heavy atom. The Bertz CT molecular complexity index is 1430. The molecular formula is C23H20N6O2S2. The van der Waals surface area contributed by atoms with E-state index < -0.39 is 0 Å². The number of carbonyl (C=O) groups is 1. The Balaban J connectivity index is 1.46. The van der Waals surface area contributed by atoms with E-state index in [0.717, 1.165) is 37.7 Å². The van der Waals surface area contributed by atoms with Gasteiger partial charge in [0.15, 0.2) is 0 Å². The first-order valence-electron chi connectivity index (χ1n) is 10.1. The van der Waals surface area contributed by atoms with Crippen LogP contribution in [0.15, 0.2) is 59.3 Å². The molecule has 0 aromatic carbocycles. The number of thiophene rings is 2. The highest BCUT2D eigenvalue weighted by Crippen LogP contribution is 2.36. The first-order chi connectivity index (χ1) is 16.1. The molecule has 10 heteroatoms. The molecule has 0 fully saturated rings. The molecule has 0 saturated carbocycles. The molecule has 0 unspecified atom stereocenters. The zero-order valence-electron chi connectivity index (χ0n) is 17.9. The third kappa shape index (κ3) is 4.23. The molecule has 5 aromatic heterocycles. The predicted molar refractivity (Wildman–Crippen MR) is 131 cm³/mol. The number of fused-ring (bicyclic) bond motifs is 1. The minimum absolute atomic E-state index is 0.308. The number of nitrogens with zero attached hydrogens (tertiary/aromatic N) is 4. The largest absolute Gasteiger partial charge is 0.380 e. The minimum atomic E-state index is -0.308. The van der Waals surface area contributed by atoms with Crippen molar-refractivity contribution in [3.8, 4) is 16.3 Å². The summed E-state index contributed by atoms with van der Waals surface area (Å²) in [6.07, 6.45) is 5.37. The van der Waals surface area contributed by atoms with E-state index in [1.807, 2.05) is 65.7 Å². The molecule has 0 spiro atoms. The van der Waals surface area contributed by atoms with Crippen LogP contribution in [0.25, 0.3) is 26.5 Å². The van der Waals surface area contributed by atoms with Gasteiger partial charge in [-0.1, -0.05) is 6.07 Å². The van der Waals surface area contributed by atoms with Gasteiger partial charge in [0.2, 0.25) is 0 Å². The number of hydrogen-bond donors (Lipinski definition) is 2. The second-order valence-corrected chi connectivity index (χ2v) is 9.24. The third-order valence-electron chi connectivity index (χ3n) is 4.96. The number of ether oxygens (including phenoxy) is 1. The monoisotopic (exact) mass is 476 g/mol. The number of H-pyrrole nitrogens is 1. The average molecular weight is 477 g/mol. The normalized spacial score (nSPS) is 11.6. The van der Waals surface area contributed by atoms with E-state index in [0.29, 0.717) is 17.2 Å². The molecule has 0 aliphatic rings. The number of rotatable bonds is 7. The Labute approximate surface area is 197 Å². The number of aromatic nitrogens is 4. The van der Waals surface area contributed by atoms with Crippen LogP contribution in [-0.2, 0) is 11.3 Å². The molecule has 0 bridgehead atoms. The van der Waals surface area contributed by atoms with E-state index in [4.69, 9.17) is 4.74 Å². The second kappa shape index (κ2) is 9.10. The van der Waals surface area contributed by atoms with Gasteiger partial charge in [0, 0.05) is 30.6 Å². The van der Waals surface area contributed by atoms with Gasteiger partial charge in [-0.3, -0.25) is 9.89 Å². The lowest BCUT2D eigenvalue weighted by molar-refractivity contribution is 0.0959. The smallest absolute Gasteiger partial charge is 0.283 e. The van der Waals surface area contributed by atoms with Crippen molar-refractivity contribution in [2.24, 2.45) is 5.10 Å². The maximum Gasteiger partial charge on any atom is 0.283 e. The van der Waals surface area contributed by atoms with Crippen molar-refractivity contribution in [3.05, 3.63) is 76.0 Å². The fraction of sp³-hybridized carbons (Fsp3) is 0.130. The highest BCUT2D eigenvalue weighted by Gasteiger charge is 2.23. The molecule has 166 valence electrons. The van der Waals surface area contributed by atoms with E-state index in [1.165, 1.54) is 11.3 Å². The van der Waals surface area contributed by atoms with Crippen LogP contribution >= 0.6 is 22.7 Å². The van der Waals surface area contributed by atoms with Gasteiger partial charge in [-0.25, -0.2) is 10.4 Å². The van der Waals surface area contributed by atoms with Gasteiger partial charge in [-0.05, 0) is 48.2 Å². The van der Waals surface area contributed by atoms with Crippen molar-refractivity contribution in [2.45, 2.75) is 13.5 Å². The highest BCUT2D eigenvalue weighted by molar-refractivity contribution is 7.21. The molecule has 5 rings (SSSR count).